The van der Waals surface area contributed by atoms with Gasteiger partial charge in [-0.15, -0.1) is 0 Å². The standard InChI is InChI=1S/C9H16O2/c1-3-5-9-7(4-2)8(10)6-11-9/h7,9H,3-6H2,1-2H3/t7-,9+/m1/s1. The summed E-state index contributed by atoms with van der Waals surface area (Å²) in [6.45, 7) is 4.53. The van der Waals surface area contributed by atoms with Crippen molar-refractivity contribution in [3.8, 4) is 0 Å². The van der Waals surface area contributed by atoms with Gasteiger partial charge in [0.2, 0.25) is 0 Å². The SMILES string of the molecule is CCC[C@@H]1OCC(=O)[C@H]1CC. The van der Waals surface area contributed by atoms with Crippen molar-refractivity contribution in [3.63, 3.8) is 0 Å². The van der Waals surface area contributed by atoms with Crippen molar-refractivity contribution in [3.05, 3.63) is 0 Å². The normalized spacial score (nSPS) is 31.3. The van der Waals surface area contributed by atoms with Gasteiger partial charge >= 0.3 is 0 Å². The molecule has 0 spiro atoms. The predicted octanol–water partition coefficient (Wildman–Crippen LogP) is 1.78. The topological polar surface area (TPSA) is 26.3 Å². The summed E-state index contributed by atoms with van der Waals surface area (Å²) in [7, 11) is 0. The zero-order valence-electron chi connectivity index (χ0n) is 7.30. The monoisotopic (exact) mass is 156 g/mol. The second kappa shape index (κ2) is 3.86. The molecule has 0 amide bonds. The van der Waals surface area contributed by atoms with E-state index >= 15 is 0 Å². The minimum Gasteiger partial charge on any atom is -0.370 e. The minimum atomic E-state index is 0.190. The Morgan fingerprint density at radius 3 is 2.82 bits per heavy atom. The van der Waals surface area contributed by atoms with E-state index in [1.807, 2.05) is 0 Å². The highest BCUT2D eigenvalue weighted by Crippen LogP contribution is 2.24. The Morgan fingerprint density at radius 2 is 2.27 bits per heavy atom. The van der Waals surface area contributed by atoms with Crippen LogP contribution in [0.1, 0.15) is 33.1 Å². The molecule has 64 valence electrons. The third-order valence-corrected chi connectivity index (χ3v) is 2.32. The molecule has 0 aromatic heterocycles. The molecule has 0 aromatic rings. The van der Waals surface area contributed by atoms with E-state index in [-0.39, 0.29) is 12.0 Å². The molecule has 2 heteroatoms. The van der Waals surface area contributed by atoms with Crippen molar-refractivity contribution < 1.29 is 9.53 Å². The molecule has 2 atom stereocenters. The van der Waals surface area contributed by atoms with Gasteiger partial charge in [0.25, 0.3) is 0 Å². The maximum absolute atomic E-state index is 11.2. The van der Waals surface area contributed by atoms with E-state index in [0.717, 1.165) is 19.3 Å². The summed E-state index contributed by atoms with van der Waals surface area (Å²) in [4.78, 5) is 11.2. The van der Waals surface area contributed by atoms with Crippen molar-refractivity contribution >= 4 is 5.78 Å². The third kappa shape index (κ3) is 1.80. The van der Waals surface area contributed by atoms with Gasteiger partial charge in [0.15, 0.2) is 5.78 Å². The molecule has 11 heavy (non-hydrogen) atoms. The van der Waals surface area contributed by atoms with Gasteiger partial charge in [-0.25, -0.2) is 0 Å². The Bertz CT molecular complexity index is 142. The fraction of sp³-hybridized carbons (Fsp3) is 0.889. The van der Waals surface area contributed by atoms with Crippen LogP contribution in [0.15, 0.2) is 0 Å². The molecule has 2 nitrogen and oxygen atoms in total. The molecule has 0 bridgehead atoms. The Labute approximate surface area is 67.9 Å². The van der Waals surface area contributed by atoms with Crippen molar-refractivity contribution in [2.75, 3.05) is 6.61 Å². The van der Waals surface area contributed by atoms with Gasteiger partial charge in [0, 0.05) is 5.92 Å². The molecule has 0 unspecified atom stereocenters. The molecular formula is C9H16O2. The number of Topliss-reactive ketones (excluding diaryl/α,β-unsaturated/α-hetero) is 1. The molecule has 1 heterocycles. The Kier molecular flexibility index (Phi) is 3.06. The first-order valence-electron chi connectivity index (χ1n) is 4.43. The van der Waals surface area contributed by atoms with Crippen LogP contribution in [0.4, 0.5) is 0 Å². The average molecular weight is 156 g/mol. The zero-order valence-corrected chi connectivity index (χ0v) is 7.30. The zero-order chi connectivity index (χ0) is 8.27. The maximum atomic E-state index is 11.2. The number of carbonyl (C=O) groups is 1. The van der Waals surface area contributed by atoms with Crippen molar-refractivity contribution in [2.24, 2.45) is 5.92 Å². The molecule has 0 saturated carbocycles. The van der Waals surface area contributed by atoms with Crippen LogP contribution in [-0.4, -0.2) is 18.5 Å². The number of ether oxygens (including phenoxy) is 1. The predicted molar refractivity (Wildman–Crippen MR) is 43.4 cm³/mol. The second-order valence-electron chi connectivity index (χ2n) is 3.12. The Morgan fingerprint density at radius 1 is 1.55 bits per heavy atom. The van der Waals surface area contributed by atoms with Crippen LogP contribution >= 0.6 is 0 Å². The van der Waals surface area contributed by atoms with Gasteiger partial charge in [-0.05, 0) is 12.8 Å². The molecule has 0 N–H and O–H groups in total. The first-order valence-corrected chi connectivity index (χ1v) is 4.43. The van der Waals surface area contributed by atoms with Crippen LogP contribution in [0.3, 0.4) is 0 Å². The molecule has 1 aliphatic heterocycles. The lowest BCUT2D eigenvalue weighted by Crippen LogP contribution is -2.19. The van der Waals surface area contributed by atoms with Crippen LogP contribution in [-0.2, 0) is 9.53 Å². The smallest absolute Gasteiger partial charge is 0.164 e. The highest BCUT2D eigenvalue weighted by atomic mass is 16.5. The maximum Gasteiger partial charge on any atom is 0.164 e. The first kappa shape index (κ1) is 8.72. The van der Waals surface area contributed by atoms with Crippen LogP contribution in [0, 0.1) is 5.92 Å². The van der Waals surface area contributed by atoms with Crippen molar-refractivity contribution in [1.29, 1.82) is 0 Å². The average Bonchev–Trinajstić information content (AvgIpc) is 2.33. The lowest BCUT2D eigenvalue weighted by atomic mass is 9.95. The van der Waals surface area contributed by atoms with Crippen LogP contribution < -0.4 is 0 Å². The van der Waals surface area contributed by atoms with Crippen molar-refractivity contribution in [2.45, 2.75) is 39.2 Å². The van der Waals surface area contributed by atoms with E-state index in [4.69, 9.17) is 4.74 Å². The Hall–Kier alpha value is -0.370. The van der Waals surface area contributed by atoms with E-state index < -0.39 is 0 Å². The second-order valence-corrected chi connectivity index (χ2v) is 3.12. The van der Waals surface area contributed by atoms with Crippen molar-refractivity contribution in [1.82, 2.24) is 0 Å². The fourth-order valence-electron chi connectivity index (χ4n) is 1.68. The lowest BCUT2D eigenvalue weighted by molar-refractivity contribution is -0.120. The molecule has 1 fully saturated rings. The molecule has 0 aromatic carbocycles. The lowest BCUT2D eigenvalue weighted by Gasteiger charge is -2.13. The number of rotatable bonds is 3. The molecule has 1 rings (SSSR count). The number of hydrogen-bond acceptors (Lipinski definition) is 2. The summed E-state index contributed by atoms with van der Waals surface area (Å²) in [6, 6.07) is 0. The van der Waals surface area contributed by atoms with E-state index in [0.29, 0.717) is 12.4 Å². The molecular weight excluding hydrogens is 140 g/mol. The van der Waals surface area contributed by atoms with Gasteiger partial charge in [-0.3, -0.25) is 4.79 Å². The highest BCUT2D eigenvalue weighted by Gasteiger charge is 2.33. The van der Waals surface area contributed by atoms with E-state index in [2.05, 4.69) is 13.8 Å². The highest BCUT2D eigenvalue weighted by molar-refractivity contribution is 5.84. The first-order chi connectivity index (χ1) is 5.29. The van der Waals surface area contributed by atoms with Gasteiger partial charge in [-0.2, -0.15) is 0 Å². The van der Waals surface area contributed by atoms with E-state index in [9.17, 15) is 4.79 Å². The summed E-state index contributed by atoms with van der Waals surface area (Å²) in [5, 5.41) is 0. The van der Waals surface area contributed by atoms with Crippen LogP contribution in [0.25, 0.3) is 0 Å². The van der Waals surface area contributed by atoms with Gasteiger partial charge in [0.1, 0.15) is 6.61 Å². The summed E-state index contributed by atoms with van der Waals surface area (Å²) in [5.41, 5.74) is 0. The summed E-state index contributed by atoms with van der Waals surface area (Å²) in [5.74, 6) is 0.487. The summed E-state index contributed by atoms with van der Waals surface area (Å²) < 4.78 is 5.36. The molecule has 0 aliphatic carbocycles. The van der Waals surface area contributed by atoms with Gasteiger partial charge in [-0.1, -0.05) is 20.3 Å². The molecule has 1 saturated heterocycles. The van der Waals surface area contributed by atoms with E-state index in [1.54, 1.807) is 0 Å². The fourth-order valence-corrected chi connectivity index (χ4v) is 1.68. The van der Waals surface area contributed by atoms with Gasteiger partial charge < -0.3 is 4.74 Å². The largest absolute Gasteiger partial charge is 0.370 e. The number of carbonyl (C=O) groups excluding carboxylic acids is 1. The van der Waals surface area contributed by atoms with Crippen LogP contribution in [0.5, 0.6) is 0 Å². The number of ketones is 1. The summed E-state index contributed by atoms with van der Waals surface area (Å²) in [6.07, 6.45) is 3.29. The van der Waals surface area contributed by atoms with Gasteiger partial charge in [0.05, 0.1) is 6.10 Å². The van der Waals surface area contributed by atoms with Crippen LogP contribution in [0.2, 0.25) is 0 Å². The Balaban J connectivity index is 2.47. The molecule has 0 radical (unpaired) electrons. The summed E-state index contributed by atoms with van der Waals surface area (Å²) >= 11 is 0. The third-order valence-electron chi connectivity index (χ3n) is 2.32. The quantitative estimate of drug-likeness (QED) is 0.622. The molecule has 1 aliphatic rings. The number of hydrogen-bond donors (Lipinski definition) is 0. The van der Waals surface area contributed by atoms with E-state index in [1.165, 1.54) is 0 Å². The minimum absolute atomic E-state index is 0.190.